The molecule has 1 aliphatic heterocycles. The maximum Gasteiger partial charge on any atom is 0.339 e. The van der Waals surface area contributed by atoms with Crippen molar-refractivity contribution < 1.29 is 28.8 Å². The lowest BCUT2D eigenvalue weighted by atomic mass is 10.1. The minimum atomic E-state index is -1.09. The second-order valence-electron chi connectivity index (χ2n) is 5.63. The van der Waals surface area contributed by atoms with Gasteiger partial charge >= 0.3 is 5.97 Å². The molecule has 0 spiro atoms. The molecule has 0 saturated carbocycles. The smallest absolute Gasteiger partial charge is 0.339 e. The highest BCUT2D eigenvalue weighted by Crippen LogP contribution is 2.43. The fraction of sp³-hybridized carbons (Fsp3) is 0.167. The van der Waals surface area contributed by atoms with E-state index in [0.717, 1.165) is 0 Å². The van der Waals surface area contributed by atoms with Gasteiger partial charge < -0.3 is 24.1 Å². The van der Waals surface area contributed by atoms with Gasteiger partial charge in [-0.25, -0.2) is 9.48 Å². The van der Waals surface area contributed by atoms with Gasteiger partial charge in [0.05, 0.1) is 31.8 Å². The van der Waals surface area contributed by atoms with Crippen molar-refractivity contribution in [2.75, 3.05) is 21.0 Å². The second kappa shape index (κ2) is 6.52. The Balaban J connectivity index is 1.83. The lowest BCUT2D eigenvalue weighted by Crippen LogP contribution is -2.03. The molecule has 0 bridgehead atoms. The number of nitrogens with zero attached hydrogens (tertiary/aromatic N) is 3. The number of carbonyl (C=O) groups is 1. The third-order valence-electron chi connectivity index (χ3n) is 4.16. The molecule has 2 aromatic carbocycles. The minimum absolute atomic E-state index is 0.0472. The molecule has 9 heteroatoms. The summed E-state index contributed by atoms with van der Waals surface area (Å²) in [6, 6.07) is 8.35. The Labute approximate surface area is 153 Å². The first-order chi connectivity index (χ1) is 13.1. The van der Waals surface area contributed by atoms with E-state index in [9.17, 15) is 9.90 Å². The predicted octanol–water partition coefficient (Wildman–Crippen LogP) is 2.38. The van der Waals surface area contributed by atoms with Crippen LogP contribution in [0, 0.1) is 0 Å². The number of aromatic carboxylic acids is 1. The fourth-order valence-electron chi connectivity index (χ4n) is 2.90. The molecule has 0 radical (unpaired) electrons. The van der Waals surface area contributed by atoms with Gasteiger partial charge in [0.1, 0.15) is 11.3 Å². The SMILES string of the molecule is COc1ccc(-c2cnnn2-c2cc(OC)c3c(c2)OCO3)cc1C(=O)O. The van der Waals surface area contributed by atoms with E-state index in [2.05, 4.69) is 10.3 Å². The topological polar surface area (TPSA) is 105 Å². The van der Waals surface area contributed by atoms with Crippen LogP contribution in [0.4, 0.5) is 0 Å². The lowest BCUT2D eigenvalue weighted by Gasteiger charge is -2.11. The molecule has 0 aliphatic carbocycles. The molecule has 9 nitrogen and oxygen atoms in total. The summed E-state index contributed by atoms with van der Waals surface area (Å²) >= 11 is 0. The number of carboxylic acid groups (broad SMARTS) is 1. The van der Waals surface area contributed by atoms with Crippen molar-refractivity contribution >= 4 is 5.97 Å². The summed E-state index contributed by atoms with van der Waals surface area (Å²) in [6.07, 6.45) is 1.55. The molecule has 27 heavy (non-hydrogen) atoms. The van der Waals surface area contributed by atoms with Gasteiger partial charge in [0.2, 0.25) is 12.5 Å². The molecule has 1 aliphatic rings. The number of benzene rings is 2. The Kier molecular flexibility index (Phi) is 4.03. The van der Waals surface area contributed by atoms with Crippen LogP contribution in [0.15, 0.2) is 36.5 Å². The number of rotatable bonds is 5. The van der Waals surface area contributed by atoms with Gasteiger partial charge in [-0.05, 0) is 18.2 Å². The summed E-state index contributed by atoms with van der Waals surface area (Å²) in [6.45, 7) is 0.111. The van der Waals surface area contributed by atoms with Crippen molar-refractivity contribution in [2.45, 2.75) is 0 Å². The van der Waals surface area contributed by atoms with Crippen molar-refractivity contribution in [1.29, 1.82) is 0 Å². The van der Waals surface area contributed by atoms with Gasteiger partial charge in [-0.1, -0.05) is 5.21 Å². The maximum absolute atomic E-state index is 11.5. The Morgan fingerprint density at radius 1 is 1.15 bits per heavy atom. The summed E-state index contributed by atoms with van der Waals surface area (Å²) in [4.78, 5) is 11.5. The van der Waals surface area contributed by atoms with E-state index in [1.54, 1.807) is 35.1 Å². The number of fused-ring (bicyclic) bond motifs is 1. The molecule has 0 amide bonds. The van der Waals surface area contributed by atoms with E-state index in [1.807, 2.05) is 0 Å². The molecule has 1 aromatic heterocycles. The Hall–Kier alpha value is -3.75. The first-order valence-corrected chi connectivity index (χ1v) is 7.92. The molecular formula is C18H15N3O6. The van der Waals surface area contributed by atoms with E-state index < -0.39 is 5.97 Å². The highest BCUT2D eigenvalue weighted by molar-refractivity contribution is 5.92. The van der Waals surface area contributed by atoms with Crippen LogP contribution in [0.3, 0.4) is 0 Å². The zero-order valence-electron chi connectivity index (χ0n) is 14.5. The molecule has 3 aromatic rings. The average Bonchev–Trinajstić information content (AvgIpc) is 3.35. The first-order valence-electron chi connectivity index (χ1n) is 7.92. The van der Waals surface area contributed by atoms with Gasteiger partial charge in [0.15, 0.2) is 11.5 Å². The molecule has 0 fully saturated rings. The molecule has 138 valence electrons. The Morgan fingerprint density at radius 3 is 2.70 bits per heavy atom. The Morgan fingerprint density at radius 2 is 1.96 bits per heavy atom. The van der Waals surface area contributed by atoms with E-state index in [1.165, 1.54) is 20.3 Å². The molecule has 2 heterocycles. The largest absolute Gasteiger partial charge is 0.496 e. The van der Waals surface area contributed by atoms with Crippen molar-refractivity contribution in [3.8, 4) is 39.9 Å². The van der Waals surface area contributed by atoms with Gasteiger partial charge in [0.25, 0.3) is 0 Å². The van der Waals surface area contributed by atoms with Crippen LogP contribution < -0.4 is 18.9 Å². The van der Waals surface area contributed by atoms with Crippen molar-refractivity contribution in [2.24, 2.45) is 0 Å². The van der Waals surface area contributed by atoms with Crippen molar-refractivity contribution in [1.82, 2.24) is 15.0 Å². The van der Waals surface area contributed by atoms with Gasteiger partial charge in [-0.3, -0.25) is 0 Å². The monoisotopic (exact) mass is 369 g/mol. The summed E-state index contributed by atoms with van der Waals surface area (Å²) in [5.41, 5.74) is 1.90. The zero-order valence-corrected chi connectivity index (χ0v) is 14.5. The molecule has 0 unspecified atom stereocenters. The van der Waals surface area contributed by atoms with Crippen LogP contribution >= 0.6 is 0 Å². The van der Waals surface area contributed by atoms with Crippen LogP contribution in [0.2, 0.25) is 0 Å². The number of hydrogen-bond donors (Lipinski definition) is 1. The molecule has 0 atom stereocenters. The average molecular weight is 369 g/mol. The van der Waals surface area contributed by atoms with E-state index in [4.69, 9.17) is 18.9 Å². The summed E-state index contributed by atoms with van der Waals surface area (Å²) in [7, 11) is 2.96. The zero-order chi connectivity index (χ0) is 19.0. The predicted molar refractivity (Wildman–Crippen MR) is 93.0 cm³/mol. The highest BCUT2D eigenvalue weighted by atomic mass is 16.7. The van der Waals surface area contributed by atoms with Gasteiger partial charge in [-0.2, -0.15) is 0 Å². The van der Waals surface area contributed by atoms with Crippen molar-refractivity contribution in [3.63, 3.8) is 0 Å². The third kappa shape index (κ3) is 2.78. The Bertz CT molecular complexity index is 1030. The number of hydrogen-bond acceptors (Lipinski definition) is 7. The molecule has 1 N–H and O–H groups in total. The standard InChI is InChI=1S/C18H15N3O6/c1-24-14-4-3-10(5-12(14)18(22)23)13-8-19-20-21(13)11-6-15(25-2)17-16(7-11)26-9-27-17/h3-8H,9H2,1-2H3,(H,22,23). The van der Waals surface area contributed by atoms with E-state index in [-0.39, 0.29) is 18.1 Å². The van der Waals surface area contributed by atoms with Crippen LogP contribution in [0.1, 0.15) is 10.4 Å². The van der Waals surface area contributed by atoms with Crippen LogP contribution in [0.25, 0.3) is 16.9 Å². The fourth-order valence-corrected chi connectivity index (χ4v) is 2.90. The van der Waals surface area contributed by atoms with Gasteiger partial charge in [0, 0.05) is 17.7 Å². The number of methoxy groups -OCH3 is 2. The summed E-state index contributed by atoms with van der Waals surface area (Å²) in [5, 5.41) is 17.5. The van der Waals surface area contributed by atoms with Crippen LogP contribution in [0.5, 0.6) is 23.0 Å². The third-order valence-corrected chi connectivity index (χ3v) is 4.16. The van der Waals surface area contributed by atoms with E-state index >= 15 is 0 Å². The summed E-state index contributed by atoms with van der Waals surface area (Å²) < 4.78 is 22.9. The van der Waals surface area contributed by atoms with Crippen LogP contribution in [-0.4, -0.2) is 47.1 Å². The quantitative estimate of drug-likeness (QED) is 0.731. The normalized spacial score (nSPS) is 12.1. The highest BCUT2D eigenvalue weighted by Gasteiger charge is 2.22. The van der Waals surface area contributed by atoms with Gasteiger partial charge in [-0.15, -0.1) is 5.10 Å². The lowest BCUT2D eigenvalue weighted by molar-refractivity contribution is 0.0693. The molecule has 4 rings (SSSR count). The molecular weight excluding hydrogens is 354 g/mol. The first kappa shape index (κ1) is 16.7. The van der Waals surface area contributed by atoms with Crippen LogP contribution in [-0.2, 0) is 0 Å². The molecule has 0 saturated heterocycles. The number of carboxylic acids is 1. The maximum atomic E-state index is 11.5. The summed E-state index contributed by atoms with van der Waals surface area (Å²) in [5.74, 6) is 0.752. The van der Waals surface area contributed by atoms with Crippen molar-refractivity contribution in [3.05, 3.63) is 42.1 Å². The number of ether oxygens (including phenoxy) is 4. The minimum Gasteiger partial charge on any atom is -0.496 e. The van der Waals surface area contributed by atoms with E-state index in [0.29, 0.717) is 34.2 Å². The number of aromatic nitrogens is 3. The second-order valence-corrected chi connectivity index (χ2v) is 5.63.